The number of benzene rings is 1. The maximum Gasteiger partial charge on any atom is 0.137 e. The van der Waals surface area contributed by atoms with Crippen LogP contribution in [-0.4, -0.2) is 22.5 Å². The fourth-order valence-electron chi connectivity index (χ4n) is 2.62. The van der Waals surface area contributed by atoms with Crippen LogP contribution in [0.15, 0.2) is 42.6 Å². The van der Waals surface area contributed by atoms with Gasteiger partial charge in [-0.2, -0.15) is 0 Å². The molecule has 0 spiro atoms. The largest absolute Gasteiger partial charge is 0.494 e. The predicted octanol–water partition coefficient (Wildman–Crippen LogP) is 4.14. The Morgan fingerprint density at radius 2 is 1.86 bits per heavy atom. The van der Waals surface area contributed by atoms with E-state index in [1.54, 1.807) is 0 Å². The fraction of sp³-hybridized carbons (Fsp3) is 0.278. The molecule has 0 unspecified atom stereocenters. The van der Waals surface area contributed by atoms with Gasteiger partial charge < -0.3 is 14.5 Å². The number of aromatic nitrogens is 2. The minimum atomic E-state index is 0.681. The first-order valence-electron chi connectivity index (χ1n) is 7.68. The molecule has 4 heteroatoms. The lowest BCUT2D eigenvalue weighted by Gasteiger charge is -2.05. The number of ether oxygens (including phenoxy) is 1. The van der Waals surface area contributed by atoms with Crippen molar-refractivity contribution >= 4 is 11.3 Å². The lowest BCUT2D eigenvalue weighted by Crippen LogP contribution is -1.98. The molecule has 0 aliphatic carbocycles. The van der Waals surface area contributed by atoms with Gasteiger partial charge >= 0.3 is 0 Å². The molecular weight excluding hydrogens is 274 g/mol. The van der Waals surface area contributed by atoms with Crippen molar-refractivity contribution in [3.8, 4) is 17.0 Å². The van der Waals surface area contributed by atoms with Gasteiger partial charge in [0.2, 0.25) is 0 Å². The summed E-state index contributed by atoms with van der Waals surface area (Å²) in [6, 6.07) is 12.2. The molecule has 1 aromatic carbocycles. The van der Waals surface area contributed by atoms with Crippen LogP contribution in [0.25, 0.3) is 16.9 Å². The molecule has 22 heavy (non-hydrogen) atoms. The van der Waals surface area contributed by atoms with E-state index in [1.807, 2.05) is 25.1 Å². The highest BCUT2D eigenvalue weighted by atomic mass is 16.5. The van der Waals surface area contributed by atoms with Gasteiger partial charge in [-0.25, -0.2) is 4.98 Å². The van der Waals surface area contributed by atoms with Gasteiger partial charge in [-0.1, -0.05) is 0 Å². The summed E-state index contributed by atoms with van der Waals surface area (Å²) in [6.07, 6.45) is 2.10. The zero-order chi connectivity index (χ0) is 15.5. The van der Waals surface area contributed by atoms with Gasteiger partial charge in [0.25, 0.3) is 0 Å². The van der Waals surface area contributed by atoms with E-state index in [-0.39, 0.29) is 0 Å². The number of aryl methyl sites for hydroxylation is 1. The fourth-order valence-corrected chi connectivity index (χ4v) is 2.62. The summed E-state index contributed by atoms with van der Waals surface area (Å²) in [5.74, 6) is 0.891. The van der Waals surface area contributed by atoms with E-state index in [1.165, 1.54) is 0 Å². The molecule has 114 valence electrons. The van der Waals surface area contributed by atoms with Crippen LogP contribution in [0.4, 0.5) is 5.69 Å². The second-order valence-corrected chi connectivity index (χ2v) is 5.18. The Hall–Kier alpha value is -2.49. The first-order chi connectivity index (χ1) is 10.7. The molecule has 0 fully saturated rings. The molecule has 0 radical (unpaired) electrons. The highest BCUT2D eigenvalue weighted by molar-refractivity contribution is 5.68. The summed E-state index contributed by atoms with van der Waals surface area (Å²) in [5, 5.41) is 3.33. The number of anilines is 1. The molecule has 0 bridgehead atoms. The number of hydrogen-bond donors (Lipinski definition) is 1. The molecular formula is C18H21N3O. The number of imidazole rings is 1. The maximum atomic E-state index is 5.49. The van der Waals surface area contributed by atoms with Crippen molar-refractivity contribution in [2.24, 2.45) is 0 Å². The van der Waals surface area contributed by atoms with Crippen molar-refractivity contribution in [2.45, 2.75) is 20.8 Å². The van der Waals surface area contributed by atoms with E-state index in [4.69, 9.17) is 9.72 Å². The second kappa shape index (κ2) is 6.10. The van der Waals surface area contributed by atoms with Crippen LogP contribution >= 0.6 is 0 Å². The van der Waals surface area contributed by atoms with Crippen LogP contribution < -0.4 is 10.1 Å². The first kappa shape index (κ1) is 14.4. The average molecular weight is 295 g/mol. The van der Waals surface area contributed by atoms with Crippen LogP contribution in [0.2, 0.25) is 0 Å². The maximum absolute atomic E-state index is 5.49. The van der Waals surface area contributed by atoms with E-state index >= 15 is 0 Å². The molecule has 3 rings (SSSR count). The molecule has 0 atom stereocenters. The van der Waals surface area contributed by atoms with Crippen LogP contribution in [0.5, 0.6) is 5.75 Å². The first-order valence-corrected chi connectivity index (χ1v) is 7.68. The smallest absolute Gasteiger partial charge is 0.137 e. The van der Waals surface area contributed by atoms with Crippen LogP contribution in [-0.2, 0) is 0 Å². The Labute approximate surface area is 130 Å². The summed E-state index contributed by atoms with van der Waals surface area (Å²) in [6.45, 7) is 7.77. The molecule has 0 aliphatic heterocycles. The number of nitrogens with one attached hydrogen (secondary N) is 1. The van der Waals surface area contributed by atoms with E-state index in [0.29, 0.717) is 6.61 Å². The van der Waals surface area contributed by atoms with Gasteiger partial charge in [0.15, 0.2) is 0 Å². The minimum Gasteiger partial charge on any atom is -0.494 e. The second-order valence-electron chi connectivity index (χ2n) is 5.18. The summed E-state index contributed by atoms with van der Waals surface area (Å²) < 4.78 is 7.62. The summed E-state index contributed by atoms with van der Waals surface area (Å²) >= 11 is 0. The molecule has 1 N–H and O–H groups in total. The number of pyridine rings is 1. The molecule has 0 amide bonds. The summed E-state index contributed by atoms with van der Waals surface area (Å²) in [5.41, 5.74) is 5.32. The Morgan fingerprint density at radius 1 is 1.09 bits per heavy atom. The number of rotatable bonds is 5. The van der Waals surface area contributed by atoms with Crippen molar-refractivity contribution in [3.05, 3.63) is 48.3 Å². The lowest BCUT2D eigenvalue weighted by molar-refractivity contribution is 0.340. The Bertz CT molecular complexity index is 775. The SMILES string of the molecule is CCNc1ccc2nc(-c3ccc(OCC)cc3)c(C)n2c1. The predicted molar refractivity (Wildman–Crippen MR) is 90.7 cm³/mol. The molecule has 2 heterocycles. The molecule has 2 aromatic heterocycles. The Morgan fingerprint density at radius 3 is 2.55 bits per heavy atom. The van der Waals surface area contributed by atoms with Crippen molar-refractivity contribution in [2.75, 3.05) is 18.5 Å². The van der Waals surface area contributed by atoms with Crippen molar-refractivity contribution in [1.82, 2.24) is 9.38 Å². The van der Waals surface area contributed by atoms with Gasteiger partial charge in [-0.3, -0.25) is 0 Å². The van der Waals surface area contributed by atoms with Crippen molar-refractivity contribution in [3.63, 3.8) is 0 Å². The molecule has 4 nitrogen and oxygen atoms in total. The molecule has 3 aromatic rings. The van der Waals surface area contributed by atoms with E-state index < -0.39 is 0 Å². The normalized spacial score (nSPS) is 10.9. The Balaban J connectivity index is 2.01. The van der Waals surface area contributed by atoms with Crippen molar-refractivity contribution < 1.29 is 4.74 Å². The standard InChI is InChI=1S/C18H21N3O/c1-4-19-15-8-11-17-20-18(13(3)21(17)12-15)14-6-9-16(10-7-14)22-5-2/h6-12,19H,4-5H2,1-3H3. The Kier molecular flexibility index (Phi) is 4.00. The quantitative estimate of drug-likeness (QED) is 0.769. The number of nitrogens with zero attached hydrogens (tertiary/aromatic N) is 2. The zero-order valence-corrected chi connectivity index (χ0v) is 13.3. The monoisotopic (exact) mass is 295 g/mol. The van der Waals surface area contributed by atoms with E-state index in [9.17, 15) is 0 Å². The number of fused-ring (bicyclic) bond motifs is 1. The van der Waals surface area contributed by atoms with Crippen molar-refractivity contribution in [1.29, 1.82) is 0 Å². The van der Waals surface area contributed by atoms with Gasteiger partial charge in [0.1, 0.15) is 11.4 Å². The third-order valence-electron chi connectivity index (χ3n) is 3.68. The third kappa shape index (κ3) is 2.64. The average Bonchev–Trinajstić information content (AvgIpc) is 2.86. The molecule has 0 saturated carbocycles. The van der Waals surface area contributed by atoms with E-state index in [2.05, 4.69) is 48.0 Å². The highest BCUT2D eigenvalue weighted by Gasteiger charge is 2.10. The van der Waals surface area contributed by atoms with Gasteiger partial charge in [0, 0.05) is 24.0 Å². The number of hydrogen-bond acceptors (Lipinski definition) is 3. The summed E-state index contributed by atoms with van der Waals surface area (Å²) in [7, 11) is 0. The molecule has 0 aliphatic rings. The van der Waals surface area contributed by atoms with Crippen LogP contribution in [0.3, 0.4) is 0 Å². The van der Waals surface area contributed by atoms with Gasteiger partial charge in [-0.15, -0.1) is 0 Å². The third-order valence-corrected chi connectivity index (χ3v) is 3.68. The zero-order valence-electron chi connectivity index (χ0n) is 13.3. The minimum absolute atomic E-state index is 0.681. The van der Waals surface area contributed by atoms with E-state index in [0.717, 1.165) is 40.6 Å². The topological polar surface area (TPSA) is 38.6 Å². The summed E-state index contributed by atoms with van der Waals surface area (Å²) in [4.78, 5) is 4.75. The molecule has 0 saturated heterocycles. The van der Waals surface area contributed by atoms with Crippen LogP contribution in [0.1, 0.15) is 19.5 Å². The van der Waals surface area contributed by atoms with Gasteiger partial charge in [0.05, 0.1) is 18.0 Å². The highest BCUT2D eigenvalue weighted by Crippen LogP contribution is 2.26. The van der Waals surface area contributed by atoms with Gasteiger partial charge in [-0.05, 0) is 57.2 Å². The van der Waals surface area contributed by atoms with Crippen LogP contribution in [0, 0.1) is 6.92 Å². The lowest BCUT2D eigenvalue weighted by atomic mass is 10.1.